The molecule has 3 heteroatoms. The van der Waals surface area contributed by atoms with Gasteiger partial charge < -0.3 is 14.4 Å². The summed E-state index contributed by atoms with van der Waals surface area (Å²) in [5.41, 5.74) is 4.01. The molecule has 2 aromatic carbocycles. The lowest BCUT2D eigenvalue weighted by molar-refractivity contribution is -0.254. The van der Waals surface area contributed by atoms with Gasteiger partial charge in [0.15, 0.2) is 6.29 Å². The van der Waals surface area contributed by atoms with Crippen LogP contribution in [0.4, 0.5) is 0 Å². The van der Waals surface area contributed by atoms with Crippen LogP contribution in [0.25, 0.3) is 0 Å². The molecule has 0 unspecified atom stereocenters. The lowest BCUT2D eigenvalue weighted by Crippen LogP contribution is -2.45. The van der Waals surface area contributed by atoms with Crippen molar-refractivity contribution in [3.8, 4) is 0 Å². The predicted octanol–water partition coefficient (Wildman–Crippen LogP) is 3.58. The van der Waals surface area contributed by atoms with Crippen molar-refractivity contribution in [1.29, 1.82) is 0 Å². The van der Waals surface area contributed by atoms with Gasteiger partial charge in [-0.15, -0.1) is 0 Å². The largest absolute Gasteiger partial charge is 0.352 e. The molecule has 2 aliphatic heterocycles. The second kappa shape index (κ2) is 6.08. The lowest BCUT2D eigenvalue weighted by atomic mass is 9.81. The van der Waals surface area contributed by atoms with Crippen molar-refractivity contribution in [2.45, 2.75) is 24.9 Å². The number of fused-ring (bicyclic) bond motifs is 4. The first-order chi connectivity index (χ1) is 11.2. The highest BCUT2D eigenvalue weighted by Gasteiger charge is 2.42. The van der Waals surface area contributed by atoms with Crippen molar-refractivity contribution < 1.29 is 9.47 Å². The van der Waals surface area contributed by atoms with Crippen LogP contribution >= 0.6 is 0 Å². The van der Waals surface area contributed by atoms with Crippen molar-refractivity contribution in [3.05, 3.63) is 71.3 Å². The van der Waals surface area contributed by atoms with E-state index in [4.69, 9.17) is 9.47 Å². The van der Waals surface area contributed by atoms with E-state index in [2.05, 4.69) is 73.6 Å². The van der Waals surface area contributed by atoms with E-state index in [0.717, 1.165) is 13.0 Å². The molecule has 3 nitrogen and oxygen atoms in total. The fourth-order valence-electron chi connectivity index (χ4n) is 4.03. The molecule has 23 heavy (non-hydrogen) atoms. The molecule has 0 spiro atoms. The number of ether oxygens (including phenoxy) is 2. The van der Waals surface area contributed by atoms with Crippen molar-refractivity contribution in [2.24, 2.45) is 5.92 Å². The highest BCUT2D eigenvalue weighted by atomic mass is 16.7. The second-order valence-electron chi connectivity index (χ2n) is 6.71. The van der Waals surface area contributed by atoms with E-state index < -0.39 is 0 Å². The van der Waals surface area contributed by atoms with Gasteiger partial charge in [-0.25, -0.2) is 0 Å². The Bertz CT molecular complexity index is 670. The molecule has 0 aliphatic carbocycles. The molecule has 0 saturated carbocycles. The van der Waals surface area contributed by atoms with Crippen LogP contribution in [0.3, 0.4) is 0 Å². The van der Waals surface area contributed by atoms with Gasteiger partial charge in [0.05, 0.1) is 12.7 Å². The normalized spacial score (nSPS) is 27.5. The summed E-state index contributed by atoms with van der Waals surface area (Å²) in [5, 5.41) is 0. The van der Waals surface area contributed by atoms with Gasteiger partial charge in [0.2, 0.25) is 0 Å². The fourth-order valence-corrected chi connectivity index (χ4v) is 4.03. The van der Waals surface area contributed by atoms with Crippen molar-refractivity contribution in [2.75, 3.05) is 20.7 Å². The van der Waals surface area contributed by atoms with Crippen LogP contribution in [0.5, 0.6) is 0 Å². The van der Waals surface area contributed by atoms with E-state index in [1.807, 2.05) is 0 Å². The van der Waals surface area contributed by atoms with Crippen LogP contribution in [-0.2, 0) is 15.9 Å². The molecule has 2 aromatic rings. The topological polar surface area (TPSA) is 21.7 Å². The van der Waals surface area contributed by atoms with Crippen LogP contribution in [0, 0.1) is 5.92 Å². The number of nitrogens with zero attached hydrogens (tertiary/aromatic N) is 1. The standard InChI is InChI=1S/C20H23NO2/c1-21(2)19(14-8-4-3-5-9-14)17-13-22-18-12-15-10-6-7-11-16(15)20(17)23-18/h3-11,17-20H,12-13H2,1-2H3/t17-,18+,19+,20-/m1/s1. The Labute approximate surface area is 137 Å². The quantitative estimate of drug-likeness (QED) is 0.865. The first-order valence-corrected chi connectivity index (χ1v) is 8.30. The maximum absolute atomic E-state index is 6.27. The Morgan fingerprint density at radius 2 is 1.74 bits per heavy atom. The summed E-state index contributed by atoms with van der Waals surface area (Å²) < 4.78 is 12.3. The Balaban J connectivity index is 1.74. The molecule has 0 radical (unpaired) electrons. The summed E-state index contributed by atoms with van der Waals surface area (Å²) in [6.45, 7) is 0.738. The third kappa shape index (κ3) is 2.69. The van der Waals surface area contributed by atoms with Crippen LogP contribution in [0.15, 0.2) is 54.6 Å². The van der Waals surface area contributed by atoms with Gasteiger partial charge in [-0.05, 0) is 30.8 Å². The molecule has 4 atom stereocenters. The summed E-state index contributed by atoms with van der Waals surface area (Å²) >= 11 is 0. The van der Waals surface area contributed by atoms with Gasteiger partial charge in [-0.1, -0.05) is 54.6 Å². The summed E-state index contributed by atoms with van der Waals surface area (Å²) in [6, 6.07) is 19.6. The zero-order valence-corrected chi connectivity index (χ0v) is 13.7. The van der Waals surface area contributed by atoms with Crippen molar-refractivity contribution in [3.63, 3.8) is 0 Å². The van der Waals surface area contributed by atoms with Crippen LogP contribution in [0.2, 0.25) is 0 Å². The van der Waals surface area contributed by atoms with Gasteiger partial charge in [-0.2, -0.15) is 0 Å². The molecular formula is C20H23NO2. The van der Waals surface area contributed by atoms with Crippen LogP contribution < -0.4 is 0 Å². The number of hydrogen-bond acceptors (Lipinski definition) is 3. The highest BCUT2D eigenvalue weighted by molar-refractivity contribution is 5.33. The van der Waals surface area contributed by atoms with Gasteiger partial charge in [0.25, 0.3) is 0 Å². The first-order valence-electron chi connectivity index (χ1n) is 8.30. The van der Waals surface area contributed by atoms with E-state index in [0.29, 0.717) is 0 Å². The molecule has 0 aromatic heterocycles. The predicted molar refractivity (Wildman–Crippen MR) is 90.1 cm³/mol. The Kier molecular flexibility index (Phi) is 3.93. The third-order valence-electron chi connectivity index (χ3n) is 5.01. The van der Waals surface area contributed by atoms with Crippen LogP contribution in [-0.4, -0.2) is 31.9 Å². The van der Waals surface area contributed by atoms with E-state index in [9.17, 15) is 0 Å². The minimum absolute atomic E-state index is 0.0928. The summed E-state index contributed by atoms with van der Waals surface area (Å²) in [7, 11) is 4.27. The SMILES string of the molecule is CN(C)[C@@H](c1ccccc1)[C@H]1CO[C@@H]2Cc3ccccc3[C@H]1O2. The molecule has 4 rings (SSSR count). The molecule has 2 bridgehead atoms. The van der Waals surface area contributed by atoms with Crippen LogP contribution in [0.1, 0.15) is 28.8 Å². The maximum atomic E-state index is 6.27. The van der Waals surface area contributed by atoms with E-state index >= 15 is 0 Å². The maximum Gasteiger partial charge on any atom is 0.162 e. The van der Waals surface area contributed by atoms with Gasteiger partial charge in [-0.3, -0.25) is 0 Å². The van der Waals surface area contributed by atoms with Crippen molar-refractivity contribution >= 4 is 0 Å². The average molecular weight is 309 g/mol. The van der Waals surface area contributed by atoms with Gasteiger partial charge >= 0.3 is 0 Å². The molecular weight excluding hydrogens is 286 g/mol. The summed E-state index contributed by atoms with van der Waals surface area (Å²) in [4.78, 5) is 2.28. The molecule has 0 amide bonds. The van der Waals surface area contributed by atoms with Gasteiger partial charge in [0.1, 0.15) is 0 Å². The molecule has 2 heterocycles. The molecule has 2 aliphatic rings. The Hall–Kier alpha value is -1.68. The smallest absolute Gasteiger partial charge is 0.162 e. The van der Waals surface area contributed by atoms with E-state index in [-0.39, 0.29) is 24.4 Å². The molecule has 1 fully saturated rings. The minimum Gasteiger partial charge on any atom is -0.352 e. The third-order valence-corrected chi connectivity index (χ3v) is 5.01. The Morgan fingerprint density at radius 3 is 2.52 bits per heavy atom. The molecule has 0 N–H and O–H groups in total. The monoisotopic (exact) mass is 309 g/mol. The molecule has 1 saturated heterocycles. The van der Waals surface area contributed by atoms with E-state index in [1.54, 1.807) is 0 Å². The highest BCUT2D eigenvalue weighted by Crippen LogP contribution is 2.45. The average Bonchev–Trinajstić information content (AvgIpc) is 2.58. The van der Waals surface area contributed by atoms with E-state index in [1.165, 1.54) is 16.7 Å². The minimum atomic E-state index is -0.0928. The fraction of sp³-hybridized carbons (Fsp3) is 0.400. The zero-order chi connectivity index (χ0) is 15.8. The van der Waals surface area contributed by atoms with Crippen molar-refractivity contribution in [1.82, 2.24) is 4.90 Å². The second-order valence-corrected chi connectivity index (χ2v) is 6.71. The molecule has 120 valence electrons. The van der Waals surface area contributed by atoms with Gasteiger partial charge in [0, 0.05) is 18.4 Å². The lowest BCUT2D eigenvalue weighted by Gasteiger charge is -2.46. The first kappa shape index (κ1) is 14.9. The number of benzene rings is 2. The number of rotatable bonds is 3. The Morgan fingerprint density at radius 1 is 1.00 bits per heavy atom. The summed E-state index contributed by atoms with van der Waals surface area (Å²) in [6.07, 6.45) is 0.869. The summed E-state index contributed by atoms with van der Waals surface area (Å²) in [5.74, 6) is 0.282. The zero-order valence-electron chi connectivity index (χ0n) is 13.7. The number of hydrogen-bond donors (Lipinski definition) is 0.